The van der Waals surface area contributed by atoms with E-state index in [1.807, 2.05) is 0 Å². The number of carbonyl (C=O) groups is 1. The summed E-state index contributed by atoms with van der Waals surface area (Å²) >= 11 is 0. The summed E-state index contributed by atoms with van der Waals surface area (Å²) in [4.78, 5) is 21.1. The molecule has 1 heterocycles. The molecule has 0 aliphatic carbocycles. The number of aromatic nitrogens is 1. The molecule has 0 aliphatic heterocycles. The summed E-state index contributed by atoms with van der Waals surface area (Å²) in [5, 5.41) is 0. The number of nitrogens with one attached hydrogen (secondary N) is 1. The van der Waals surface area contributed by atoms with Gasteiger partial charge >= 0.3 is 6.18 Å². The number of nitrogens with zero attached hydrogens (tertiary/aromatic N) is 2. The Kier molecular flexibility index (Phi) is 4.49. The summed E-state index contributed by atoms with van der Waals surface area (Å²) in [7, 11) is 3.45. The first-order valence-electron chi connectivity index (χ1n) is 4.92. The second-order valence-corrected chi connectivity index (χ2v) is 3.63. The van der Waals surface area contributed by atoms with Crippen molar-refractivity contribution < 1.29 is 22.8 Å². The molecule has 0 radical (unpaired) electrons. The van der Waals surface area contributed by atoms with E-state index < -0.39 is 18.7 Å². The van der Waals surface area contributed by atoms with Gasteiger partial charge in [0.05, 0.1) is 0 Å². The van der Waals surface area contributed by atoms with E-state index in [2.05, 4.69) is 9.82 Å². The Morgan fingerprint density at radius 1 is 1.50 bits per heavy atom. The molecular weight excluding hydrogens is 251 g/mol. The molecule has 0 spiro atoms. The minimum atomic E-state index is -4.49. The van der Waals surface area contributed by atoms with Crippen LogP contribution in [-0.4, -0.2) is 37.8 Å². The number of hydrogen-bond acceptors (Lipinski definition) is 4. The van der Waals surface area contributed by atoms with E-state index in [1.54, 1.807) is 24.5 Å². The van der Waals surface area contributed by atoms with E-state index in [-0.39, 0.29) is 5.56 Å². The highest BCUT2D eigenvalue weighted by atomic mass is 19.4. The number of hydroxylamine groups is 1. The molecule has 5 nitrogen and oxygen atoms in total. The fourth-order valence-corrected chi connectivity index (χ4v) is 1.05. The normalized spacial score (nSPS) is 11.2. The zero-order chi connectivity index (χ0) is 13.8. The Labute approximate surface area is 102 Å². The van der Waals surface area contributed by atoms with Gasteiger partial charge in [-0.3, -0.25) is 9.63 Å². The summed E-state index contributed by atoms with van der Waals surface area (Å²) in [6, 6.07) is 2.81. The van der Waals surface area contributed by atoms with Gasteiger partial charge in [0.25, 0.3) is 5.91 Å². The van der Waals surface area contributed by atoms with Crippen LogP contribution in [0.2, 0.25) is 0 Å². The number of halogens is 3. The van der Waals surface area contributed by atoms with Crippen molar-refractivity contribution in [3.05, 3.63) is 23.9 Å². The van der Waals surface area contributed by atoms with Crippen molar-refractivity contribution in [3.63, 3.8) is 0 Å². The van der Waals surface area contributed by atoms with Gasteiger partial charge in [0.1, 0.15) is 5.82 Å². The molecule has 1 rings (SSSR count). The number of amides is 1. The molecule has 0 saturated heterocycles. The zero-order valence-electron chi connectivity index (χ0n) is 9.78. The van der Waals surface area contributed by atoms with Gasteiger partial charge in [-0.1, -0.05) is 0 Å². The van der Waals surface area contributed by atoms with Gasteiger partial charge in [0.15, 0.2) is 6.61 Å². The van der Waals surface area contributed by atoms with Gasteiger partial charge < -0.3 is 4.90 Å². The Bertz CT molecular complexity index is 421. The maximum Gasteiger partial charge on any atom is 0.414 e. The molecule has 0 bridgehead atoms. The van der Waals surface area contributed by atoms with E-state index in [0.29, 0.717) is 5.82 Å². The molecule has 0 aromatic carbocycles. The maximum atomic E-state index is 11.8. The van der Waals surface area contributed by atoms with Crippen LogP contribution < -0.4 is 10.4 Å². The van der Waals surface area contributed by atoms with Crippen LogP contribution in [0.25, 0.3) is 0 Å². The van der Waals surface area contributed by atoms with Crippen LogP contribution in [0.3, 0.4) is 0 Å². The Balaban J connectivity index is 2.59. The average molecular weight is 263 g/mol. The third-order valence-electron chi connectivity index (χ3n) is 1.87. The van der Waals surface area contributed by atoms with E-state index in [9.17, 15) is 18.0 Å². The summed E-state index contributed by atoms with van der Waals surface area (Å²) in [5.41, 5.74) is 1.88. The molecule has 1 aromatic rings. The smallest absolute Gasteiger partial charge is 0.363 e. The van der Waals surface area contributed by atoms with Crippen LogP contribution in [0.4, 0.5) is 19.0 Å². The lowest BCUT2D eigenvalue weighted by atomic mass is 10.2. The standard InChI is InChI=1S/C10H12F3N3O2/c1-16(2)8-5-7(3-4-14-8)9(17)15-18-6-10(11,12)13/h3-5H,6H2,1-2H3,(H,15,17). The summed E-state index contributed by atoms with van der Waals surface area (Å²) in [6.07, 6.45) is -3.10. The number of hydrogen-bond donors (Lipinski definition) is 1. The summed E-state index contributed by atoms with van der Waals surface area (Å²) < 4.78 is 35.4. The first-order valence-corrected chi connectivity index (χ1v) is 4.92. The van der Waals surface area contributed by atoms with Crippen molar-refractivity contribution >= 4 is 11.7 Å². The van der Waals surface area contributed by atoms with Crippen LogP contribution >= 0.6 is 0 Å². The first kappa shape index (κ1) is 14.2. The fourth-order valence-electron chi connectivity index (χ4n) is 1.05. The lowest BCUT2D eigenvalue weighted by Crippen LogP contribution is -2.29. The molecule has 0 saturated carbocycles. The average Bonchev–Trinajstić information content (AvgIpc) is 2.27. The van der Waals surface area contributed by atoms with E-state index in [1.165, 1.54) is 18.3 Å². The zero-order valence-corrected chi connectivity index (χ0v) is 9.78. The third-order valence-corrected chi connectivity index (χ3v) is 1.87. The molecule has 0 aliphatic rings. The van der Waals surface area contributed by atoms with Gasteiger partial charge in [-0.15, -0.1) is 0 Å². The molecule has 0 fully saturated rings. The lowest BCUT2D eigenvalue weighted by Gasteiger charge is -2.12. The largest absolute Gasteiger partial charge is 0.414 e. The molecule has 0 atom stereocenters. The van der Waals surface area contributed by atoms with Crippen LogP contribution in [0.1, 0.15) is 10.4 Å². The van der Waals surface area contributed by atoms with Crippen molar-refractivity contribution in [2.45, 2.75) is 6.18 Å². The summed E-state index contributed by atoms with van der Waals surface area (Å²) in [5.74, 6) is -0.247. The number of carbonyl (C=O) groups excluding carboxylic acids is 1. The monoisotopic (exact) mass is 263 g/mol. The fraction of sp³-hybridized carbons (Fsp3) is 0.400. The Hall–Kier alpha value is -1.83. The van der Waals surface area contributed by atoms with Crippen LogP contribution in [0.5, 0.6) is 0 Å². The second-order valence-electron chi connectivity index (χ2n) is 3.63. The topological polar surface area (TPSA) is 54.5 Å². The van der Waals surface area contributed by atoms with Gasteiger partial charge in [-0.2, -0.15) is 13.2 Å². The molecule has 100 valence electrons. The first-order chi connectivity index (χ1) is 8.29. The van der Waals surface area contributed by atoms with E-state index in [0.717, 1.165) is 0 Å². The quantitative estimate of drug-likeness (QED) is 0.834. The Morgan fingerprint density at radius 3 is 2.72 bits per heavy atom. The van der Waals surface area contributed by atoms with Crippen molar-refractivity contribution in [2.75, 3.05) is 25.6 Å². The molecule has 1 N–H and O–H groups in total. The highest BCUT2D eigenvalue weighted by Crippen LogP contribution is 2.14. The third kappa shape index (κ3) is 4.58. The Morgan fingerprint density at radius 2 is 2.17 bits per heavy atom. The van der Waals surface area contributed by atoms with Crippen molar-refractivity contribution in [1.82, 2.24) is 10.5 Å². The molecule has 18 heavy (non-hydrogen) atoms. The van der Waals surface area contributed by atoms with Gasteiger partial charge in [-0.25, -0.2) is 10.5 Å². The molecule has 8 heteroatoms. The van der Waals surface area contributed by atoms with Gasteiger partial charge in [0.2, 0.25) is 0 Å². The number of alkyl halides is 3. The van der Waals surface area contributed by atoms with Crippen LogP contribution in [-0.2, 0) is 4.84 Å². The number of rotatable bonds is 4. The highest BCUT2D eigenvalue weighted by molar-refractivity contribution is 5.94. The highest BCUT2D eigenvalue weighted by Gasteiger charge is 2.28. The van der Waals surface area contributed by atoms with Gasteiger partial charge in [-0.05, 0) is 12.1 Å². The minimum Gasteiger partial charge on any atom is -0.363 e. The number of anilines is 1. The molecular formula is C10H12F3N3O2. The van der Waals surface area contributed by atoms with Gasteiger partial charge in [0, 0.05) is 25.9 Å². The van der Waals surface area contributed by atoms with Crippen LogP contribution in [0.15, 0.2) is 18.3 Å². The predicted octanol–water partition coefficient (Wildman–Crippen LogP) is 1.37. The minimum absolute atomic E-state index is 0.163. The predicted molar refractivity (Wildman–Crippen MR) is 58.0 cm³/mol. The molecule has 1 amide bonds. The van der Waals surface area contributed by atoms with Crippen molar-refractivity contribution in [2.24, 2.45) is 0 Å². The molecule has 0 unspecified atom stereocenters. The summed E-state index contributed by atoms with van der Waals surface area (Å²) in [6.45, 7) is -1.54. The maximum absolute atomic E-state index is 11.8. The number of pyridine rings is 1. The van der Waals surface area contributed by atoms with Crippen molar-refractivity contribution in [3.8, 4) is 0 Å². The van der Waals surface area contributed by atoms with E-state index in [4.69, 9.17) is 0 Å². The van der Waals surface area contributed by atoms with Crippen LogP contribution in [0, 0.1) is 0 Å². The van der Waals surface area contributed by atoms with E-state index >= 15 is 0 Å². The SMILES string of the molecule is CN(C)c1cc(C(=O)NOCC(F)(F)F)ccn1. The molecule has 1 aromatic heterocycles. The lowest BCUT2D eigenvalue weighted by molar-refractivity contribution is -0.184. The second kappa shape index (κ2) is 5.67. The van der Waals surface area contributed by atoms with Crippen molar-refractivity contribution in [1.29, 1.82) is 0 Å².